The van der Waals surface area contributed by atoms with E-state index in [1.807, 2.05) is 0 Å². The normalized spacial score (nSPS) is 15.7. The highest BCUT2D eigenvalue weighted by molar-refractivity contribution is 5.83. The van der Waals surface area contributed by atoms with E-state index < -0.39 is 0 Å². The molecule has 15 heavy (non-hydrogen) atoms. The van der Waals surface area contributed by atoms with Crippen LogP contribution in [0.5, 0.6) is 0 Å². The Hall–Kier alpha value is -1.77. The van der Waals surface area contributed by atoms with Crippen molar-refractivity contribution in [2.45, 2.75) is 18.9 Å². The molecule has 0 amide bonds. The Bertz CT molecular complexity index is 624. The molecule has 0 unspecified atom stereocenters. The van der Waals surface area contributed by atoms with Crippen LogP contribution in [0.4, 0.5) is 0 Å². The molecule has 2 aromatic rings. The van der Waals surface area contributed by atoms with Gasteiger partial charge in [0, 0.05) is 10.8 Å². The highest BCUT2D eigenvalue weighted by Crippen LogP contribution is 2.22. The minimum absolute atomic E-state index is 0.138. The molecule has 1 aliphatic carbocycles. The van der Waals surface area contributed by atoms with Crippen LogP contribution in [-0.2, 0) is 0 Å². The minimum Gasteiger partial charge on any atom is -0.287 e. The van der Waals surface area contributed by atoms with E-state index in [1.165, 1.54) is 0 Å². The number of fused-ring (bicyclic) bond motifs is 1. The summed E-state index contributed by atoms with van der Waals surface area (Å²) in [4.78, 5) is 27.8. The van der Waals surface area contributed by atoms with Crippen molar-refractivity contribution < 1.29 is 0 Å². The summed E-state index contributed by atoms with van der Waals surface area (Å²) < 4.78 is 0. The van der Waals surface area contributed by atoms with Crippen LogP contribution in [0.25, 0.3) is 10.8 Å². The third-order valence-electron chi connectivity index (χ3n) is 2.71. The SMILES string of the molecule is O=c1c(=NC2CC2)c(=O)c2ccccc12. The van der Waals surface area contributed by atoms with Gasteiger partial charge in [0.1, 0.15) is 0 Å². The molecule has 1 saturated carbocycles. The van der Waals surface area contributed by atoms with Crippen molar-refractivity contribution in [1.29, 1.82) is 0 Å². The standard InChI is InChI=1S/C12H9NO2/c14-11-8-3-1-2-4-9(8)12(15)10(11)13-7-5-6-7/h1-4,7H,5-6H2. The molecule has 0 bridgehead atoms. The number of nitrogens with zero attached hydrogens (tertiary/aromatic N) is 1. The first-order chi connectivity index (χ1) is 7.27. The van der Waals surface area contributed by atoms with Gasteiger partial charge in [0.2, 0.25) is 10.9 Å². The molecule has 0 N–H and O–H groups in total. The molecule has 0 spiro atoms. The largest absolute Gasteiger partial charge is 0.287 e. The van der Waals surface area contributed by atoms with Crippen LogP contribution in [0.3, 0.4) is 0 Å². The summed E-state index contributed by atoms with van der Waals surface area (Å²) in [5.41, 5.74) is -0.412. The molecule has 1 aliphatic rings. The van der Waals surface area contributed by atoms with E-state index >= 15 is 0 Å². The fourth-order valence-corrected chi connectivity index (χ4v) is 1.74. The van der Waals surface area contributed by atoms with E-state index in [1.54, 1.807) is 24.3 Å². The maximum absolute atomic E-state index is 11.8. The summed E-state index contributed by atoms with van der Waals surface area (Å²) in [5.74, 6) is 0. The highest BCUT2D eigenvalue weighted by atomic mass is 16.1. The summed E-state index contributed by atoms with van der Waals surface area (Å²) in [7, 11) is 0. The van der Waals surface area contributed by atoms with Gasteiger partial charge in [-0.15, -0.1) is 0 Å². The third-order valence-corrected chi connectivity index (χ3v) is 2.71. The van der Waals surface area contributed by atoms with E-state index in [4.69, 9.17) is 0 Å². The van der Waals surface area contributed by atoms with Crippen molar-refractivity contribution >= 4 is 10.8 Å². The average Bonchev–Trinajstić information content (AvgIpc) is 3.04. The first kappa shape index (κ1) is 8.53. The van der Waals surface area contributed by atoms with Gasteiger partial charge in [-0.1, -0.05) is 24.3 Å². The summed E-state index contributed by atoms with van der Waals surface area (Å²) >= 11 is 0. The molecule has 0 heterocycles. The van der Waals surface area contributed by atoms with Gasteiger partial charge in [0.05, 0.1) is 6.04 Å². The van der Waals surface area contributed by atoms with Crippen LogP contribution in [0.15, 0.2) is 38.8 Å². The molecule has 1 fully saturated rings. The van der Waals surface area contributed by atoms with Crippen LogP contribution in [0.2, 0.25) is 0 Å². The Morgan fingerprint density at radius 3 is 2.00 bits per heavy atom. The van der Waals surface area contributed by atoms with Gasteiger partial charge in [-0.25, -0.2) is 0 Å². The van der Waals surface area contributed by atoms with E-state index in [0.717, 1.165) is 12.8 Å². The average molecular weight is 199 g/mol. The van der Waals surface area contributed by atoms with Gasteiger partial charge >= 0.3 is 0 Å². The number of benzene rings is 1. The van der Waals surface area contributed by atoms with Gasteiger partial charge in [-0.3, -0.25) is 14.6 Å². The van der Waals surface area contributed by atoms with Crippen LogP contribution in [0.1, 0.15) is 12.8 Å². The van der Waals surface area contributed by atoms with Crippen LogP contribution < -0.4 is 16.2 Å². The summed E-state index contributed by atoms with van der Waals surface area (Å²) in [6.45, 7) is 0. The first-order valence-electron chi connectivity index (χ1n) is 5.03. The van der Waals surface area contributed by atoms with Crippen molar-refractivity contribution in [1.82, 2.24) is 0 Å². The molecule has 3 heteroatoms. The van der Waals surface area contributed by atoms with E-state index in [2.05, 4.69) is 4.99 Å². The third kappa shape index (κ3) is 1.23. The fraction of sp³-hybridized carbons (Fsp3) is 0.250. The smallest absolute Gasteiger partial charge is 0.215 e. The Balaban J connectivity index is 2.49. The zero-order valence-electron chi connectivity index (χ0n) is 8.06. The lowest BCUT2D eigenvalue weighted by Gasteiger charge is -1.81. The van der Waals surface area contributed by atoms with Crippen molar-refractivity contribution in [2.24, 2.45) is 4.99 Å². The molecule has 3 nitrogen and oxygen atoms in total. The van der Waals surface area contributed by atoms with Crippen LogP contribution in [-0.4, -0.2) is 6.04 Å². The lowest BCUT2D eigenvalue weighted by Crippen LogP contribution is -2.32. The maximum atomic E-state index is 11.8. The van der Waals surface area contributed by atoms with Gasteiger partial charge < -0.3 is 0 Å². The highest BCUT2D eigenvalue weighted by Gasteiger charge is 2.21. The van der Waals surface area contributed by atoms with Gasteiger partial charge in [-0.2, -0.15) is 0 Å². The molecular weight excluding hydrogens is 190 g/mol. The second kappa shape index (κ2) is 2.86. The molecule has 0 saturated heterocycles. The lowest BCUT2D eigenvalue weighted by atomic mass is 10.2. The van der Waals surface area contributed by atoms with Crippen molar-refractivity contribution in [2.75, 3.05) is 0 Å². The summed E-state index contributed by atoms with van der Waals surface area (Å²) in [5, 5.41) is 1.14. The Morgan fingerprint density at radius 1 is 1.00 bits per heavy atom. The lowest BCUT2D eigenvalue weighted by molar-refractivity contribution is 0.997. The van der Waals surface area contributed by atoms with Gasteiger partial charge in [0.25, 0.3) is 0 Å². The molecule has 0 aromatic heterocycles. The predicted octanol–water partition coefficient (Wildman–Crippen LogP) is 0.499. The Kier molecular flexibility index (Phi) is 1.63. The zero-order chi connectivity index (χ0) is 10.4. The van der Waals surface area contributed by atoms with Gasteiger partial charge in [-0.05, 0) is 12.8 Å². The maximum Gasteiger partial charge on any atom is 0.215 e. The van der Waals surface area contributed by atoms with Crippen molar-refractivity contribution in [3.05, 3.63) is 50.1 Å². The Labute approximate surface area is 85.4 Å². The number of hydrogen-bond donors (Lipinski definition) is 0. The Morgan fingerprint density at radius 2 is 1.53 bits per heavy atom. The van der Waals surface area contributed by atoms with E-state index in [-0.39, 0.29) is 22.3 Å². The molecule has 0 aliphatic heterocycles. The quantitative estimate of drug-likeness (QED) is 0.671. The molecule has 3 rings (SSSR count). The summed E-state index contributed by atoms with van der Waals surface area (Å²) in [6.07, 6.45) is 2.00. The topological polar surface area (TPSA) is 46.5 Å². The van der Waals surface area contributed by atoms with Gasteiger partial charge in [0.15, 0.2) is 5.36 Å². The van der Waals surface area contributed by atoms with E-state index in [9.17, 15) is 9.59 Å². The number of rotatable bonds is 1. The predicted molar refractivity (Wildman–Crippen MR) is 57.4 cm³/mol. The monoisotopic (exact) mass is 199 g/mol. The van der Waals surface area contributed by atoms with Crippen LogP contribution >= 0.6 is 0 Å². The summed E-state index contributed by atoms with van der Waals surface area (Å²) in [6, 6.07) is 7.12. The molecule has 0 atom stereocenters. The van der Waals surface area contributed by atoms with Crippen LogP contribution in [0, 0.1) is 0 Å². The number of hydrogen-bond acceptors (Lipinski definition) is 3. The minimum atomic E-state index is -0.206. The second-order valence-electron chi connectivity index (χ2n) is 3.91. The first-order valence-corrected chi connectivity index (χ1v) is 5.03. The molecular formula is C12H9NO2. The van der Waals surface area contributed by atoms with E-state index in [0.29, 0.717) is 10.8 Å². The molecule has 0 radical (unpaired) electrons. The van der Waals surface area contributed by atoms with Crippen molar-refractivity contribution in [3.8, 4) is 0 Å². The van der Waals surface area contributed by atoms with Crippen molar-refractivity contribution in [3.63, 3.8) is 0 Å². The fourth-order valence-electron chi connectivity index (χ4n) is 1.74. The second-order valence-corrected chi connectivity index (χ2v) is 3.91. The zero-order valence-corrected chi connectivity index (χ0v) is 8.06. The molecule has 74 valence electrons. The molecule has 2 aromatic carbocycles.